The van der Waals surface area contributed by atoms with Gasteiger partial charge in [-0.1, -0.05) is 23.0 Å². The molecule has 146 valence electrons. The Bertz CT molecular complexity index is 911. The number of fused-ring (bicyclic) bond motifs is 1. The number of benzene rings is 1. The van der Waals surface area contributed by atoms with Crippen molar-refractivity contribution in [2.45, 2.75) is 40.4 Å². The van der Waals surface area contributed by atoms with Crippen molar-refractivity contribution in [2.24, 2.45) is 5.16 Å². The maximum absolute atomic E-state index is 8.57. The van der Waals surface area contributed by atoms with E-state index in [4.69, 9.17) is 19.6 Å². The molecule has 0 amide bonds. The van der Waals surface area contributed by atoms with Gasteiger partial charge in [0, 0.05) is 43.6 Å². The lowest BCUT2D eigenvalue weighted by Crippen LogP contribution is -2.35. The molecule has 0 saturated carbocycles. The molecule has 0 spiro atoms. The highest BCUT2D eigenvalue weighted by atomic mass is 32.2. The van der Waals surface area contributed by atoms with Crippen molar-refractivity contribution >= 4 is 28.8 Å². The molecule has 1 aromatic heterocycles. The number of oxime groups is 1. The summed E-state index contributed by atoms with van der Waals surface area (Å²) in [7, 11) is 1.80. The fraction of sp³-hybridized carbons (Fsp3) is 0.429. The van der Waals surface area contributed by atoms with Crippen LogP contribution in [-0.4, -0.2) is 32.6 Å². The third-order valence-corrected chi connectivity index (χ3v) is 7.40. The Morgan fingerprint density at radius 3 is 2.93 bits per heavy atom. The van der Waals surface area contributed by atoms with Crippen LogP contribution in [0.3, 0.4) is 0 Å². The molecule has 0 radical (unpaired) electrons. The molecule has 0 bridgehead atoms. The van der Waals surface area contributed by atoms with Crippen molar-refractivity contribution in [1.29, 1.82) is 5.26 Å². The molecule has 2 aromatic rings. The normalized spacial score (nSPS) is 19.4. The summed E-state index contributed by atoms with van der Waals surface area (Å²) in [6, 6.07) is 10.7. The standard InChI is InChI=1S/C21H22N2O3S2/c1-24-21(6-9-25-10-7-21)16-13-20(27-14-16)28-17-3-4-18-15(12-17)2-5-19(18)23-26-11-8-22/h3-4,12-14H,2,5-7,9-11H2,1H3/b23-19+. The lowest BCUT2D eigenvalue weighted by molar-refractivity contribution is -0.0946. The Labute approximate surface area is 173 Å². The van der Waals surface area contributed by atoms with E-state index in [9.17, 15) is 0 Å². The quantitative estimate of drug-likeness (QED) is 0.504. The summed E-state index contributed by atoms with van der Waals surface area (Å²) in [5.41, 5.74) is 4.41. The number of ether oxygens (including phenoxy) is 2. The highest BCUT2D eigenvalue weighted by Gasteiger charge is 2.35. The smallest absolute Gasteiger partial charge is 0.202 e. The Hall–Kier alpha value is -1.85. The van der Waals surface area contributed by atoms with Crippen LogP contribution in [0.15, 0.2) is 43.9 Å². The van der Waals surface area contributed by atoms with Gasteiger partial charge in [0.15, 0.2) is 0 Å². The third kappa shape index (κ3) is 3.96. The van der Waals surface area contributed by atoms with E-state index in [2.05, 4.69) is 34.8 Å². The van der Waals surface area contributed by atoms with Gasteiger partial charge in [-0.15, -0.1) is 11.3 Å². The zero-order chi connectivity index (χ0) is 19.4. The molecule has 1 saturated heterocycles. The molecule has 4 rings (SSSR count). The topological polar surface area (TPSA) is 63.8 Å². The number of hydrogen-bond acceptors (Lipinski definition) is 7. The van der Waals surface area contributed by atoms with Gasteiger partial charge in [0.05, 0.1) is 15.5 Å². The van der Waals surface area contributed by atoms with E-state index in [1.807, 2.05) is 6.07 Å². The first-order chi connectivity index (χ1) is 13.7. The SMILES string of the molecule is COC1(c2csc(Sc3ccc4c(c3)CC/C4=N\OCC#N)c2)CCOCC1. The molecular formula is C21H22N2O3S2. The molecule has 0 atom stereocenters. The Morgan fingerprint density at radius 1 is 1.29 bits per heavy atom. The average molecular weight is 415 g/mol. The number of rotatable bonds is 6. The van der Waals surface area contributed by atoms with E-state index in [-0.39, 0.29) is 12.2 Å². The van der Waals surface area contributed by atoms with Gasteiger partial charge in [0.25, 0.3) is 0 Å². The van der Waals surface area contributed by atoms with Crippen molar-refractivity contribution in [3.8, 4) is 6.07 Å². The number of thiophene rings is 1. The second-order valence-corrected chi connectivity index (χ2v) is 9.14. The summed E-state index contributed by atoms with van der Waals surface area (Å²) >= 11 is 3.56. The van der Waals surface area contributed by atoms with Crippen LogP contribution in [0.1, 0.15) is 36.0 Å². The Kier molecular flexibility index (Phi) is 6.02. The Balaban J connectivity index is 1.48. The summed E-state index contributed by atoms with van der Waals surface area (Å²) in [6.07, 6.45) is 3.62. The first-order valence-electron chi connectivity index (χ1n) is 9.33. The highest BCUT2D eigenvalue weighted by molar-refractivity contribution is 8.01. The van der Waals surface area contributed by atoms with E-state index >= 15 is 0 Å². The second-order valence-electron chi connectivity index (χ2n) is 6.86. The maximum Gasteiger partial charge on any atom is 0.202 e. The van der Waals surface area contributed by atoms with Gasteiger partial charge in [-0.05, 0) is 47.5 Å². The summed E-state index contributed by atoms with van der Waals surface area (Å²) in [5, 5.41) is 14.9. The minimum absolute atomic E-state index is 0.0113. The third-order valence-electron chi connectivity index (χ3n) is 5.33. The predicted octanol–water partition coefficient (Wildman–Crippen LogP) is 4.74. The van der Waals surface area contributed by atoms with Crippen LogP contribution >= 0.6 is 23.1 Å². The monoisotopic (exact) mass is 414 g/mol. The molecular weight excluding hydrogens is 392 g/mol. The fourth-order valence-electron chi connectivity index (χ4n) is 3.78. The average Bonchev–Trinajstić information content (AvgIpc) is 3.36. The predicted molar refractivity (Wildman–Crippen MR) is 110 cm³/mol. The van der Waals surface area contributed by atoms with Crippen LogP contribution < -0.4 is 0 Å². The molecule has 0 N–H and O–H groups in total. The molecule has 2 heterocycles. The number of nitriles is 1. The first-order valence-corrected chi connectivity index (χ1v) is 11.0. The first kappa shape index (κ1) is 19.5. The lowest BCUT2D eigenvalue weighted by atomic mass is 9.88. The second kappa shape index (κ2) is 8.66. The molecule has 1 aromatic carbocycles. The van der Waals surface area contributed by atoms with Crippen LogP contribution in [0, 0.1) is 11.3 Å². The van der Waals surface area contributed by atoms with E-state index in [0.29, 0.717) is 0 Å². The van der Waals surface area contributed by atoms with Crippen LogP contribution in [0.4, 0.5) is 0 Å². The van der Waals surface area contributed by atoms with E-state index in [1.165, 1.54) is 20.2 Å². The van der Waals surface area contributed by atoms with Gasteiger partial charge in [0.2, 0.25) is 6.61 Å². The maximum atomic E-state index is 8.57. The van der Waals surface area contributed by atoms with Crippen LogP contribution in [-0.2, 0) is 26.3 Å². The lowest BCUT2D eigenvalue weighted by Gasteiger charge is -2.35. The number of hydrogen-bond donors (Lipinski definition) is 0. The minimum atomic E-state index is -0.208. The van der Waals surface area contributed by atoms with Crippen LogP contribution in [0.25, 0.3) is 0 Å². The molecule has 1 aliphatic heterocycles. The van der Waals surface area contributed by atoms with Crippen molar-refractivity contribution < 1.29 is 14.3 Å². The highest BCUT2D eigenvalue weighted by Crippen LogP contribution is 2.42. The van der Waals surface area contributed by atoms with Gasteiger partial charge in [0.1, 0.15) is 6.07 Å². The van der Waals surface area contributed by atoms with Gasteiger partial charge < -0.3 is 14.3 Å². The fourth-order valence-corrected chi connectivity index (χ4v) is 5.88. The number of nitrogens with zero attached hydrogens (tertiary/aromatic N) is 2. The van der Waals surface area contributed by atoms with Crippen molar-refractivity contribution in [3.63, 3.8) is 0 Å². The van der Waals surface area contributed by atoms with Crippen LogP contribution in [0.2, 0.25) is 0 Å². The van der Waals surface area contributed by atoms with Gasteiger partial charge >= 0.3 is 0 Å². The summed E-state index contributed by atoms with van der Waals surface area (Å²) in [6.45, 7) is 1.49. The van der Waals surface area contributed by atoms with E-state index < -0.39 is 0 Å². The minimum Gasteiger partial charge on any atom is -0.381 e. The number of methoxy groups -OCH3 is 1. The molecule has 7 heteroatoms. The van der Waals surface area contributed by atoms with E-state index in [0.717, 1.165) is 50.2 Å². The zero-order valence-corrected chi connectivity index (χ0v) is 17.4. The van der Waals surface area contributed by atoms with E-state index in [1.54, 1.807) is 30.2 Å². The molecule has 5 nitrogen and oxygen atoms in total. The number of aryl methyl sites for hydroxylation is 1. The Morgan fingerprint density at radius 2 is 2.14 bits per heavy atom. The summed E-state index contributed by atoms with van der Waals surface area (Å²) < 4.78 is 12.7. The zero-order valence-electron chi connectivity index (χ0n) is 15.8. The largest absolute Gasteiger partial charge is 0.381 e. The van der Waals surface area contributed by atoms with Crippen LogP contribution in [0.5, 0.6) is 0 Å². The summed E-state index contributed by atoms with van der Waals surface area (Å²) in [4.78, 5) is 6.26. The van der Waals surface area contributed by atoms with Crippen molar-refractivity contribution in [3.05, 3.63) is 46.3 Å². The van der Waals surface area contributed by atoms with Crippen molar-refractivity contribution in [1.82, 2.24) is 0 Å². The molecule has 2 aliphatic rings. The van der Waals surface area contributed by atoms with Crippen molar-refractivity contribution in [2.75, 3.05) is 26.9 Å². The van der Waals surface area contributed by atoms with Gasteiger partial charge in [-0.3, -0.25) is 0 Å². The van der Waals surface area contributed by atoms with Gasteiger partial charge in [-0.2, -0.15) is 5.26 Å². The summed E-state index contributed by atoms with van der Waals surface area (Å²) in [5.74, 6) is 0. The molecule has 1 aliphatic carbocycles. The molecule has 28 heavy (non-hydrogen) atoms. The molecule has 0 unspecified atom stereocenters. The molecule has 1 fully saturated rings. The van der Waals surface area contributed by atoms with Gasteiger partial charge in [-0.25, -0.2) is 0 Å².